The number of ether oxygens (including phenoxy) is 1. The standard InChI is InChI=1S/C20H23N5O/c1-13-9-21-10-14(2)25(13)20-17-8-15(4-6-18(17)23-12-24-20)16-5-7-19(26-3)22-11-16/h4-8,11-14,21H,9-10H2,1-3H3/t13-,14+. The number of methoxy groups -OCH3 is 1. The smallest absolute Gasteiger partial charge is 0.212 e. The van der Waals surface area contributed by atoms with E-state index in [9.17, 15) is 0 Å². The number of piperazine rings is 1. The van der Waals surface area contributed by atoms with E-state index in [0.717, 1.165) is 40.9 Å². The van der Waals surface area contributed by atoms with Gasteiger partial charge in [0.15, 0.2) is 0 Å². The summed E-state index contributed by atoms with van der Waals surface area (Å²) in [5.74, 6) is 1.61. The molecule has 1 aromatic carbocycles. The minimum atomic E-state index is 0.378. The Morgan fingerprint density at radius 3 is 2.46 bits per heavy atom. The topological polar surface area (TPSA) is 63.2 Å². The number of fused-ring (bicyclic) bond motifs is 1. The first-order valence-electron chi connectivity index (χ1n) is 8.91. The van der Waals surface area contributed by atoms with Gasteiger partial charge in [0.05, 0.1) is 12.6 Å². The molecule has 2 aromatic heterocycles. The Morgan fingerprint density at radius 2 is 1.77 bits per heavy atom. The van der Waals surface area contributed by atoms with Crippen molar-refractivity contribution < 1.29 is 4.74 Å². The largest absolute Gasteiger partial charge is 0.481 e. The number of pyridine rings is 1. The van der Waals surface area contributed by atoms with E-state index in [1.54, 1.807) is 13.4 Å². The number of aromatic nitrogens is 3. The SMILES string of the molecule is COc1ccc(-c2ccc3ncnc(N4[C@H](C)CNC[C@@H]4C)c3c2)cn1. The van der Waals surface area contributed by atoms with Crippen molar-refractivity contribution in [2.24, 2.45) is 0 Å². The van der Waals surface area contributed by atoms with Gasteiger partial charge in [-0.2, -0.15) is 0 Å². The number of rotatable bonds is 3. The zero-order valence-corrected chi connectivity index (χ0v) is 15.3. The van der Waals surface area contributed by atoms with Gasteiger partial charge in [0.1, 0.15) is 12.1 Å². The lowest BCUT2D eigenvalue weighted by Crippen LogP contribution is -2.55. The fourth-order valence-corrected chi connectivity index (χ4v) is 3.65. The van der Waals surface area contributed by atoms with Gasteiger partial charge in [0.2, 0.25) is 5.88 Å². The number of nitrogens with zero attached hydrogens (tertiary/aromatic N) is 4. The summed E-state index contributed by atoms with van der Waals surface area (Å²) in [7, 11) is 1.62. The average Bonchev–Trinajstić information content (AvgIpc) is 2.68. The summed E-state index contributed by atoms with van der Waals surface area (Å²) in [5, 5.41) is 4.55. The van der Waals surface area contributed by atoms with Gasteiger partial charge in [-0.1, -0.05) is 6.07 Å². The molecule has 1 fully saturated rings. The Balaban J connectivity index is 1.81. The molecule has 0 aliphatic carbocycles. The quantitative estimate of drug-likeness (QED) is 0.784. The van der Waals surface area contributed by atoms with Crippen LogP contribution >= 0.6 is 0 Å². The van der Waals surface area contributed by atoms with Gasteiger partial charge in [-0.25, -0.2) is 15.0 Å². The van der Waals surface area contributed by atoms with Crippen molar-refractivity contribution >= 4 is 16.7 Å². The maximum absolute atomic E-state index is 5.15. The van der Waals surface area contributed by atoms with Crippen LogP contribution in [-0.2, 0) is 0 Å². The predicted molar refractivity (Wildman–Crippen MR) is 104 cm³/mol. The zero-order valence-electron chi connectivity index (χ0n) is 15.3. The van der Waals surface area contributed by atoms with E-state index in [0.29, 0.717) is 18.0 Å². The Labute approximate surface area is 153 Å². The molecular weight excluding hydrogens is 326 g/mol. The molecule has 3 aromatic rings. The van der Waals surface area contributed by atoms with Gasteiger partial charge in [0, 0.05) is 48.4 Å². The maximum Gasteiger partial charge on any atom is 0.212 e. The van der Waals surface area contributed by atoms with Crippen LogP contribution in [0.5, 0.6) is 5.88 Å². The number of nitrogens with one attached hydrogen (secondary N) is 1. The molecule has 4 rings (SSSR count). The molecular formula is C20H23N5O. The molecule has 3 heterocycles. The lowest BCUT2D eigenvalue weighted by atomic mass is 10.0. The highest BCUT2D eigenvalue weighted by molar-refractivity contribution is 5.93. The lowest BCUT2D eigenvalue weighted by Gasteiger charge is -2.40. The first-order valence-corrected chi connectivity index (χ1v) is 8.91. The van der Waals surface area contributed by atoms with E-state index in [1.165, 1.54) is 0 Å². The van der Waals surface area contributed by atoms with Crippen LogP contribution in [0.25, 0.3) is 22.0 Å². The summed E-state index contributed by atoms with van der Waals surface area (Å²) in [5.41, 5.74) is 3.10. The Bertz CT molecular complexity index is 902. The van der Waals surface area contributed by atoms with E-state index in [-0.39, 0.29) is 0 Å². The summed E-state index contributed by atoms with van der Waals surface area (Å²) in [6, 6.07) is 10.9. The number of anilines is 1. The molecule has 1 saturated heterocycles. The van der Waals surface area contributed by atoms with Gasteiger partial charge >= 0.3 is 0 Å². The monoisotopic (exact) mass is 349 g/mol. The summed E-state index contributed by atoms with van der Waals surface area (Å²) >= 11 is 0. The number of hydrogen-bond acceptors (Lipinski definition) is 6. The molecule has 26 heavy (non-hydrogen) atoms. The third-order valence-electron chi connectivity index (χ3n) is 4.97. The molecule has 134 valence electrons. The molecule has 1 aliphatic rings. The third-order valence-corrected chi connectivity index (χ3v) is 4.97. The first kappa shape index (κ1) is 16.7. The van der Waals surface area contributed by atoms with Crippen LogP contribution in [0.15, 0.2) is 42.9 Å². The summed E-state index contributed by atoms with van der Waals surface area (Å²) in [6.07, 6.45) is 3.49. The second-order valence-corrected chi connectivity index (χ2v) is 6.78. The number of hydrogen-bond donors (Lipinski definition) is 1. The highest BCUT2D eigenvalue weighted by atomic mass is 16.5. The lowest BCUT2D eigenvalue weighted by molar-refractivity contribution is 0.398. The number of benzene rings is 1. The van der Waals surface area contributed by atoms with Gasteiger partial charge in [-0.3, -0.25) is 0 Å². The molecule has 0 radical (unpaired) electrons. The molecule has 0 spiro atoms. The van der Waals surface area contributed by atoms with E-state index in [4.69, 9.17) is 4.74 Å². The molecule has 6 nitrogen and oxygen atoms in total. The van der Waals surface area contributed by atoms with E-state index in [1.807, 2.05) is 18.3 Å². The third kappa shape index (κ3) is 2.97. The molecule has 0 bridgehead atoms. The normalized spacial score (nSPS) is 20.3. The molecule has 1 aliphatic heterocycles. The van der Waals surface area contributed by atoms with Crippen molar-refractivity contribution in [1.82, 2.24) is 20.3 Å². The zero-order chi connectivity index (χ0) is 18.1. The van der Waals surface area contributed by atoms with Crippen LogP contribution in [0.1, 0.15) is 13.8 Å². The Hall–Kier alpha value is -2.73. The average molecular weight is 349 g/mol. The van der Waals surface area contributed by atoms with Crippen molar-refractivity contribution in [3.8, 4) is 17.0 Å². The van der Waals surface area contributed by atoms with Crippen molar-refractivity contribution in [1.29, 1.82) is 0 Å². The van der Waals surface area contributed by atoms with E-state index < -0.39 is 0 Å². The second-order valence-electron chi connectivity index (χ2n) is 6.78. The summed E-state index contributed by atoms with van der Waals surface area (Å²) in [6.45, 7) is 6.37. The van der Waals surface area contributed by atoms with Gasteiger partial charge in [-0.15, -0.1) is 0 Å². The summed E-state index contributed by atoms with van der Waals surface area (Å²) < 4.78 is 5.15. The van der Waals surface area contributed by atoms with Crippen molar-refractivity contribution in [3.05, 3.63) is 42.9 Å². The maximum atomic E-state index is 5.15. The highest BCUT2D eigenvalue weighted by Crippen LogP contribution is 2.31. The van der Waals surface area contributed by atoms with Gasteiger partial charge < -0.3 is 15.0 Å². The molecule has 0 amide bonds. The molecule has 1 N–H and O–H groups in total. The molecule has 6 heteroatoms. The first-order chi connectivity index (χ1) is 12.7. The second kappa shape index (κ2) is 6.88. The van der Waals surface area contributed by atoms with Gasteiger partial charge in [0.25, 0.3) is 0 Å². The van der Waals surface area contributed by atoms with Crippen LogP contribution in [0.4, 0.5) is 5.82 Å². The minimum absolute atomic E-state index is 0.378. The van der Waals surface area contributed by atoms with Gasteiger partial charge in [-0.05, 0) is 37.6 Å². The summed E-state index contributed by atoms with van der Waals surface area (Å²) in [4.78, 5) is 15.8. The fourth-order valence-electron chi connectivity index (χ4n) is 3.65. The molecule has 0 saturated carbocycles. The van der Waals surface area contributed by atoms with Crippen LogP contribution in [0.2, 0.25) is 0 Å². The van der Waals surface area contributed by atoms with E-state index in [2.05, 4.69) is 57.2 Å². The minimum Gasteiger partial charge on any atom is -0.481 e. The van der Waals surface area contributed by atoms with Crippen LogP contribution in [-0.4, -0.2) is 47.2 Å². The Kier molecular flexibility index (Phi) is 4.42. The van der Waals surface area contributed by atoms with Crippen molar-refractivity contribution in [3.63, 3.8) is 0 Å². The fraction of sp³-hybridized carbons (Fsp3) is 0.350. The van der Waals surface area contributed by atoms with Crippen LogP contribution < -0.4 is 15.0 Å². The molecule has 0 unspecified atom stereocenters. The van der Waals surface area contributed by atoms with E-state index >= 15 is 0 Å². The Morgan fingerprint density at radius 1 is 1.00 bits per heavy atom. The highest BCUT2D eigenvalue weighted by Gasteiger charge is 2.27. The van der Waals surface area contributed by atoms with Crippen molar-refractivity contribution in [2.45, 2.75) is 25.9 Å². The predicted octanol–water partition coefficient (Wildman–Crippen LogP) is 2.89. The van der Waals surface area contributed by atoms with Crippen LogP contribution in [0.3, 0.4) is 0 Å². The van der Waals surface area contributed by atoms with Crippen molar-refractivity contribution in [2.75, 3.05) is 25.1 Å². The van der Waals surface area contributed by atoms with Crippen LogP contribution in [0, 0.1) is 0 Å². The molecule has 2 atom stereocenters.